The summed E-state index contributed by atoms with van der Waals surface area (Å²) in [5, 5.41) is 5.72. The molecule has 2 aromatic heterocycles. The third kappa shape index (κ3) is 3.73. The molecule has 0 atom stereocenters. The molecule has 104 valence electrons. The summed E-state index contributed by atoms with van der Waals surface area (Å²) >= 11 is 6.49. The molecular weight excluding hydrogens is 390 g/mol. The number of nitrogens with one attached hydrogen (secondary N) is 2. The first kappa shape index (κ1) is 14.9. The molecule has 0 fully saturated rings. The number of hydrogen-bond donors (Lipinski definition) is 2. The van der Waals surface area contributed by atoms with E-state index in [2.05, 4.69) is 57.4 Å². The summed E-state index contributed by atoms with van der Waals surface area (Å²) in [4.78, 5) is 24.5. The average Bonchev–Trinajstić information content (AvgIpc) is 2.43. The second-order valence-electron chi connectivity index (χ2n) is 3.76. The van der Waals surface area contributed by atoms with Gasteiger partial charge in [0.2, 0.25) is 0 Å². The van der Waals surface area contributed by atoms with Crippen LogP contribution < -0.4 is 10.6 Å². The number of amides is 1. The third-order valence-electron chi connectivity index (χ3n) is 2.31. The van der Waals surface area contributed by atoms with Crippen molar-refractivity contribution in [3.8, 4) is 0 Å². The van der Waals surface area contributed by atoms with Crippen molar-refractivity contribution in [3.05, 3.63) is 39.3 Å². The Balaban J connectivity index is 2.23. The number of nitrogens with zero attached hydrogens (tertiary/aromatic N) is 3. The average molecular weight is 401 g/mol. The Morgan fingerprint density at radius 1 is 1.20 bits per heavy atom. The van der Waals surface area contributed by atoms with E-state index in [4.69, 9.17) is 0 Å². The van der Waals surface area contributed by atoms with Gasteiger partial charge in [-0.25, -0.2) is 15.0 Å². The molecule has 0 saturated carbocycles. The van der Waals surface area contributed by atoms with Crippen LogP contribution in [0.15, 0.2) is 33.7 Å². The predicted molar refractivity (Wildman–Crippen MR) is 83.8 cm³/mol. The van der Waals surface area contributed by atoms with Crippen molar-refractivity contribution >= 4 is 49.4 Å². The number of pyridine rings is 1. The Morgan fingerprint density at radius 3 is 2.65 bits per heavy atom. The quantitative estimate of drug-likeness (QED) is 0.824. The maximum atomic E-state index is 12.3. The first-order valence-electron chi connectivity index (χ1n) is 5.78. The molecule has 0 bridgehead atoms. The number of carbonyl (C=O) groups excluding carboxylic acids is 1. The number of aromatic nitrogens is 3. The highest BCUT2D eigenvalue weighted by atomic mass is 79.9. The van der Waals surface area contributed by atoms with Crippen LogP contribution >= 0.6 is 31.9 Å². The van der Waals surface area contributed by atoms with Crippen molar-refractivity contribution in [2.45, 2.75) is 6.92 Å². The number of carbonyl (C=O) groups is 1. The second-order valence-corrected chi connectivity index (χ2v) is 5.49. The van der Waals surface area contributed by atoms with Crippen LogP contribution in [0.25, 0.3) is 0 Å². The summed E-state index contributed by atoms with van der Waals surface area (Å²) in [7, 11) is 0. The lowest BCUT2D eigenvalue weighted by Gasteiger charge is -2.10. The lowest BCUT2D eigenvalue weighted by Crippen LogP contribution is -2.16. The Kier molecular flexibility index (Phi) is 5.02. The molecule has 20 heavy (non-hydrogen) atoms. The van der Waals surface area contributed by atoms with E-state index < -0.39 is 0 Å². The Labute approximate surface area is 132 Å². The molecular formula is C12H11Br2N5O. The fraction of sp³-hybridized carbons (Fsp3) is 0.167. The van der Waals surface area contributed by atoms with Crippen LogP contribution in [0, 0.1) is 0 Å². The van der Waals surface area contributed by atoms with Gasteiger partial charge in [0.1, 0.15) is 10.4 Å². The van der Waals surface area contributed by atoms with Crippen molar-refractivity contribution in [1.82, 2.24) is 15.0 Å². The van der Waals surface area contributed by atoms with Crippen LogP contribution in [0.3, 0.4) is 0 Å². The van der Waals surface area contributed by atoms with E-state index in [1.807, 2.05) is 6.92 Å². The fourth-order valence-electron chi connectivity index (χ4n) is 1.48. The van der Waals surface area contributed by atoms with E-state index in [0.717, 1.165) is 4.47 Å². The number of anilines is 2. The van der Waals surface area contributed by atoms with Crippen LogP contribution in [-0.2, 0) is 0 Å². The Morgan fingerprint density at radius 2 is 2.00 bits per heavy atom. The summed E-state index contributed by atoms with van der Waals surface area (Å²) in [5.74, 6) is 0.602. The van der Waals surface area contributed by atoms with E-state index in [9.17, 15) is 4.79 Å². The summed E-state index contributed by atoms with van der Waals surface area (Å²) < 4.78 is 1.33. The van der Waals surface area contributed by atoms with Crippen molar-refractivity contribution < 1.29 is 4.79 Å². The maximum absolute atomic E-state index is 12.3. The molecule has 0 aliphatic rings. The minimum atomic E-state index is -0.300. The zero-order valence-corrected chi connectivity index (χ0v) is 13.7. The molecule has 0 saturated heterocycles. The first-order chi connectivity index (χ1) is 9.60. The summed E-state index contributed by atoms with van der Waals surface area (Å²) in [6.07, 6.45) is 4.62. The van der Waals surface area contributed by atoms with Gasteiger partial charge in [0.05, 0.1) is 18.0 Å². The topological polar surface area (TPSA) is 79.8 Å². The molecule has 2 aromatic rings. The molecule has 0 aliphatic heterocycles. The van der Waals surface area contributed by atoms with Gasteiger partial charge >= 0.3 is 0 Å². The highest BCUT2D eigenvalue weighted by molar-refractivity contribution is 9.10. The van der Waals surface area contributed by atoms with Gasteiger partial charge in [-0.15, -0.1) is 0 Å². The molecule has 0 aliphatic carbocycles. The standard InChI is InChI=1S/C12H11Br2N5O/c1-2-15-11-8(3-7(13)4-18-11)12(20)19-10-6-16-9(14)5-17-10/h3-6H,2H2,1H3,(H,15,18)(H,17,19,20). The molecule has 2 heterocycles. The molecule has 1 amide bonds. The lowest BCUT2D eigenvalue weighted by atomic mass is 10.2. The van der Waals surface area contributed by atoms with E-state index in [1.54, 1.807) is 12.3 Å². The highest BCUT2D eigenvalue weighted by Gasteiger charge is 2.14. The van der Waals surface area contributed by atoms with Gasteiger partial charge in [0.15, 0.2) is 5.82 Å². The molecule has 2 rings (SSSR count). The van der Waals surface area contributed by atoms with Crippen LogP contribution in [0.2, 0.25) is 0 Å². The number of halogens is 2. The normalized spacial score (nSPS) is 10.2. The van der Waals surface area contributed by atoms with Crippen molar-refractivity contribution in [3.63, 3.8) is 0 Å². The Bertz CT molecular complexity index is 618. The van der Waals surface area contributed by atoms with Crippen LogP contribution in [0.5, 0.6) is 0 Å². The molecule has 6 nitrogen and oxygen atoms in total. The molecule has 8 heteroatoms. The van der Waals surface area contributed by atoms with Crippen molar-refractivity contribution in [2.24, 2.45) is 0 Å². The molecule has 0 aromatic carbocycles. The van der Waals surface area contributed by atoms with Gasteiger partial charge in [-0.3, -0.25) is 4.79 Å². The van der Waals surface area contributed by atoms with Crippen molar-refractivity contribution in [1.29, 1.82) is 0 Å². The van der Waals surface area contributed by atoms with Crippen LogP contribution in [0.4, 0.5) is 11.6 Å². The molecule has 0 radical (unpaired) electrons. The minimum absolute atomic E-state index is 0.300. The predicted octanol–water partition coefficient (Wildman–Crippen LogP) is 3.08. The van der Waals surface area contributed by atoms with Gasteiger partial charge in [0.25, 0.3) is 5.91 Å². The van der Waals surface area contributed by atoms with Crippen molar-refractivity contribution in [2.75, 3.05) is 17.2 Å². The lowest BCUT2D eigenvalue weighted by molar-refractivity contribution is 0.102. The maximum Gasteiger partial charge on any atom is 0.260 e. The smallest absolute Gasteiger partial charge is 0.260 e. The third-order valence-corrected chi connectivity index (χ3v) is 3.15. The van der Waals surface area contributed by atoms with E-state index in [-0.39, 0.29) is 5.91 Å². The monoisotopic (exact) mass is 399 g/mol. The summed E-state index contributed by atoms with van der Waals surface area (Å²) in [5.41, 5.74) is 0.436. The molecule has 0 spiro atoms. The first-order valence-corrected chi connectivity index (χ1v) is 7.37. The molecule has 0 unspecified atom stereocenters. The van der Waals surface area contributed by atoms with Crippen LogP contribution in [0.1, 0.15) is 17.3 Å². The minimum Gasteiger partial charge on any atom is -0.370 e. The van der Waals surface area contributed by atoms with E-state index in [0.29, 0.717) is 28.3 Å². The Hall–Kier alpha value is -1.54. The zero-order chi connectivity index (χ0) is 14.5. The van der Waals surface area contributed by atoms with Gasteiger partial charge in [-0.2, -0.15) is 0 Å². The van der Waals surface area contributed by atoms with E-state index >= 15 is 0 Å². The number of rotatable bonds is 4. The van der Waals surface area contributed by atoms with Gasteiger partial charge in [0, 0.05) is 17.2 Å². The van der Waals surface area contributed by atoms with Gasteiger partial charge < -0.3 is 10.6 Å². The van der Waals surface area contributed by atoms with Crippen LogP contribution in [-0.4, -0.2) is 27.4 Å². The number of hydrogen-bond acceptors (Lipinski definition) is 5. The fourth-order valence-corrected chi connectivity index (χ4v) is 2.02. The van der Waals surface area contributed by atoms with Gasteiger partial charge in [-0.1, -0.05) is 0 Å². The van der Waals surface area contributed by atoms with Gasteiger partial charge in [-0.05, 0) is 44.8 Å². The zero-order valence-electron chi connectivity index (χ0n) is 10.5. The highest BCUT2D eigenvalue weighted by Crippen LogP contribution is 2.19. The van der Waals surface area contributed by atoms with E-state index in [1.165, 1.54) is 12.4 Å². The SMILES string of the molecule is CCNc1ncc(Br)cc1C(=O)Nc1cnc(Br)cn1. The summed E-state index contributed by atoms with van der Waals surface area (Å²) in [6.45, 7) is 2.61. The summed E-state index contributed by atoms with van der Waals surface area (Å²) in [6, 6.07) is 1.70. The second kappa shape index (κ2) is 6.76. The molecule has 2 N–H and O–H groups in total. The largest absolute Gasteiger partial charge is 0.370 e.